The summed E-state index contributed by atoms with van der Waals surface area (Å²) in [6.45, 7) is 0.295. The first kappa shape index (κ1) is 7.67. The van der Waals surface area contributed by atoms with Gasteiger partial charge in [0.05, 0.1) is 12.3 Å². The summed E-state index contributed by atoms with van der Waals surface area (Å²) in [5.41, 5.74) is 2.86. The van der Waals surface area contributed by atoms with Gasteiger partial charge in [-0.25, -0.2) is 16.1 Å². The molecule has 0 aromatic carbocycles. The summed E-state index contributed by atoms with van der Waals surface area (Å²) in [7, 11) is 1.62. The number of carbonyl (C=O) groups excluding carboxylic acids is 1. The van der Waals surface area contributed by atoms with Crippen LogP contribution in [0.3, 0.4) is 0 Å². The van der Waals surface area contributed by atoms with Crippen LogP contribution in [0.4, 0.5) is 4.79 Å². The van der Waals surface area contributed by atoms with Gasteiger partial charge >= 0.3 is 6.03 Å². The molecule has 1 aliphatic rings. The Balaban J connectivity index is 2.66. The zero-order chi connectivity index (χ0) is 8.27. The average Bonchev–Trinajstić information content (AvgIpc) is 1.98. The number of rotatable bonds is 1. The SMILES string of the molecule is CN=CC1=NNC(=O)N(N)C1. The molecule has 0 atom stereocenters. The van der Waals surface area contributed by atoms with Crippen molar-refractivity contribution in [2.75, 3.05) is 13.6 Å². The molecular weight excluding hydrogens is 146 g/mol. The van der Waals surface area contributed by atoms with Crippen molar-refractivity contribution in [1.82, 2.24) is 10.4 Å². The summed E-state index contributed by atoms with van der Waals surface area (Å²) >= 11 is 0. The Hall–Kier alpha value is -1.43. The first-order valence-corrected chi connectivity index (χ1v) is 3.05. The number of hydrogen-bond acceptors (Lipinski definition) is 4. The zero-order valence-electron chi connectivity index (χ0n) is 6.11. The van der Waals surface area contributed by atoms with Gasteiger partial charge in [-0.1, -0.05) is 0 Å². The minimum absolute atomic E-state index is 0.295. The topological polar surface area (TPSA) is 83.1 Å². The van der Waals surface area contributed by atoms with Crippen LogP contribution < -0.4 is 11.3 Å². The maximum absolute atomic E-state index is 10.7. The molecule has 2 amide bonds. The summed E-state index contributed by atoms with van der Waals surface area (Å²) in [6, 6.07) is -0.404. The van der Waals surface area contributed by atoms with E-state index in [9.17, 15) is 4.79 Å². The van der Waals surface area contributed by atoms with Crippen molar-refractivity contribution in [3.63, 3.8) is 0 Å². The first-order chi connectivity index (χ1) is 5.24. The highest BCUT2D eigenvalue weighted by molar-refractivity contribution is 6.32. The fourth-order valence-electron chi connectivity index (χ4n) is 0.684. The Labute approximate surface area is 63.7 Å². The second-order valence-electron chi connectivity index (χ2n) is 2.04. The number of amides is 2. The van der Waals surface area contributed by atoms with Gasteiger partial charge in [-0.05, 0) is 0 Å². The highest BCUT2D eigenvalue weighted by atomic mass is 16.2. The van der Waals surface area contributed by atoms with Crippen LogP contribution in [0.25, 0.3) is 0 Å². The van der Waals surface area contributed by atoms with Crippen LogP contribution in [-0.2, 0) is 0 Å². The number of nitrogens with two attached hydrogens (primary N) is 1. The molecule has 0 bridgehead atoms. The molecule has 11 heavy (non-hydrogen) atoms. The zero-order valence-corrected chi connectivity index (χ0v) is 6.11. The molecule has 1 rings (SSSR count). The number of nitrogens with one attached hydrogen (secondary N) is 1. The number of hydrazine groups is 1. The maximum atomic E-state index is 10.7. The van der Waals surface area contributed by atoms with E-state index in [2.05, 4.69) is 15.5 Å². The van der Waals surface area contributed by atoms with Gasteiger partial charge in [-0.3, -0.25) is 10.0 Å². The van der Waals surface area contributed by atoms with Gasteiger partial charge in [0, 0.05) is 13.3 Å². The van der Waals surface area contributed by atoms with Crippen molar-refractivity contribution in [2.24, 2.45) is 15.9 Å². The predicted octanol–water partition coefficient (Wildman–Crippen LogP) is -1.06. The largest absolute Gasteiger partial charge is 0.352 e. The van der Waals surface area contributed by atoms with E-state index in [-0.39, 0.29) is 0 Å². The van der Waals surface area contributed by atoms with Crippen molar-refractivity contribution < 1.29 is 4.79 Å². The van der Waals surface area contributed by atoms with Crippen molar-refractivity contribution >= 4 is 18.0 Å². The third kappa shape index (κ3) is 1.74. The first-order valence-electron chi connectivity index (χ1n) is 3.05. The Kier molecular flexibility index (Phi) is 2.17. The number of urea groups is 1. The van der Waals surface area contributed by atoms with E-state index < -0.39 is 6.03 Å². The second kappa shape index (κ2) is 3.11. The summed E-state index contributed by atoms with van der Waals surface area (Å²) in [4.78, 5) is 14.4. The molecule has 0 aliphatic carbocycles. The molecule has 0 aromatic rings. The van der Waals surface area contributed by atoms with E-state index in [0.29, 0.717) is 12.3 Å². The molecule has 0 unspecified atom stereocenters. The van der Waals surface area contributed by atoms with E-state index in [1.165, 1.54) is 0 Å². The molecule has 1 aliphatic heterocycles. The lowest BCUT2D eigenvalue weighted by molar-refractivity contribution is 0.203. The third-order valence-electron chi connectivity index (χ3n) is 1.17. The molecule has 0 fully saturated rings. The normalized spacial score (nSPS) is 18.5. The van der Waals surface area contributed by atoms with Crippen LogP contribution in [-0.4, -0.2) is 36.6 Å². The van der Waals surface area contributed by atoms with Gasteiger partial charge in [0.2, 0.25) is 0 Å². The van der Waals surface area contributed by atoms with Gasteiger partial charge in [0.15, 0.2) is 0 Å². The fraction of sp³-hybridized carbons (Fsp3) is 0.400. The van der Waals surface area contributed by atoms with Gasteiger partial charge in [-0.15, -0.1) is 0 Å². The standard InChI is InChI=1S/C5H9N5O/c1-7-2-4-3-10(6)5(11)9-8-4/h2H,3,6H2,1H3,(H,9,11). The molecule has 6 heteroatoms. The monoisotopic (exact) mass is 155 g/mol. The van der Waals surface area contributed by atoms with Crippen molar-refractivity contribution in [2.45, 2.75) is 0 Å². The lowest BCUT2D eigenvalue weighted by atomic mass is 10.4. The molecular formula is C5H9N5O. The third-order valence-corrected chi connectivity index (χ3v) is 1.17. The second-order valence-corrected chi connectivity index (χ2v) is 2.04. The van der Waals surface area contributed by atoms with E-state index in [1.54, 1.807) is 13.3 Å². The van der Waals surface area contributed by atoms with E-state index >= 15 is 0 Å². The van der Waals surface area contributed by atoms with Gasteiger partial charge in [0.1, 0.15) is 0 Å². The quantitative estimate of drug-likeness (QED) is 0.287. The van der Waals surface area contributed by atoms with Crippen molar-refractivity contribution in [3.05, 3.63) is 0 Å². The van der Waals surface area contributed by atoms with Gasteiger partial charge < -0.3 is 0 Å². The number of aliphatic imine (C=N–C) groups is 1. The van der Waals surface area contributed by atoms with E-state index in [0.717, 1.165) is 5.01 Å². The van der Waals surface area contributed by atoms with Crippen LogP contribution in [0, 0.1) is 0 Å². The van der Waals surface area contributed by atoms with E-state index in [1.807, 2.05) is 0 Å². The Morgan fingerprint density at radius 1 is 1.91 bits per heavy atom. The molecule has 3 N–H and O–H groups in total. The highest BCUT2D eigenvalue weighted by Crippen LogP contribution is 1.88. The molecule has 0 aromatic heterocycles. The van der Waals surface area contributed by atoms with Crippen LogP contribution in [0.5, 0.6) is 0 Å². The molecule has 0 saturated heterocycles. The van der Waals surface area contributed by atoms with Crippen LogP contribution in [0.2, 0.25) is 0 Å². The Morgan fingerprint density at radius 3 is 3.18 bits per heavy atom. The van der Waals surface area contributed by atoms with Crippen LogP contribution in [0.15, 0.2) is 10.1 Å². The molecule has 0 spiro atoms. The lowest BCUT2D eigenvalue weighted by Gasteiger charge is -2.19. The minimum Gasteiger partial charge on any atom is -0.294 e. The van der Waals surface area contributed by atoms with E-state index in [4.69, 9.17) is 5.84 Å². The highest BCUT2D eigenvalue weighted by Gasteiger charge is 2.15. The lowest BCUT2D eigenvalue weighted by Crippen LogP contribution is -2.50. The Morgan fingerprint density at radius 2 is 2.64 bits per heavy atom. The van der Waals surface area contributed by atoms with Crippen molar-refractivity contribution in [1.29, 1.82) is 0 Å². The average molecular weight is 155 g/mol. The predicted molar refractivity (Wildman–Crippen MR) is 41.3 cm³/mol. The minimum atomic E-state index is -0.404. The fourth-order valence-corrected chi connectivity index (χ4v) is 0.684. The van der Waals surface area contributed by atoms with Crippen LogP contribution >= 0.6 is 0 Å². The van der Waals surface area contributed by atoms with Crippen molar-refractivity contribution in [3.8, 4) is 0 Å². The number of carbonyl (C=O) groups is 1. The molecule has 60 valence electrons. The summed E-state index contributed by atoms with van der Waals surface area (Å²) in [5, 5.41) is 4.73. The van der Waals surface area contributed by atoms with Gasteiger partial charge in [0.25, 0.3) is 0 Å². The molecule has 1 heterocycles. The van der Waals surface area contributed by atoms with Crippen LogP contribution in [0.1, 0.15) is 0 Å². The Bertz CT molecular complexity index is 221. The maximum Gasteiger partial charge on any atom is 0.352 e. The number of hydrazone groups is 1. The number of hydrogen-bond donors (Lipinski definition) is 2. The summed E-state index contributed by atoms with van der Waals surface area (Å²) < 4.78 is 0. The molecule has 0 radical (unpaired) electrons. The number of nitrogens with zero attached hydrogens (tertiary/aromatic N) is 3. The molecule has 6 nitrogen and oxygen atoms in total. The summed E-state index contributed by atoms with van der Waals surface area (Å²) in [5.74, 6) is 5.28. The van der Waals surface area contributed by atoms with Gasteiger partial charge in [-0.2, -0.15) is 5.10 Å². The smallest absolute Gasteiger partial charge is 0.294 e. The molecule has 0 saturated carbocycles. The summed E-state index contributed by atoms with van der Waals surface area (Å²) in [6.07, 6.45) is 1.54.